The Morgan fingerprint density at radius 2 is 0.959 bits per heavy atom. The SMILES string of the molecule is CCC1(CC)c2cc(N(c3cccc(-c4ccccc4)c3)c3ccc4c(c3)C(C)(C)c3ccccc3-4)ccc2-c2cc3ccccc3cc21. The third-order valence-corrected chi connectivity index (χ3v) is 11.7. The number of hydrogen-bond donors (Lipinski definition) is 0. The minimum Gasteiger partial charge on any atom is -0.310 e. The molecule has 0 bridgehead atoms. The summed E-state index contributed by atoms with van der Waals surface area (Å²) in [6.07, 6.45) is 2.11. The Labute approximate surface area is 290 Å². The predicted octanol–water partition coefficient (Wildman–Crippen LogP) is 13.4. The lowest BCUT2D eigenvalue weighted by Crippen LogP contribution is -2.23. The van der Waals surface area contributed by atoms with Crippen molar-refractivity contribution in [3.63, 3.8) is 0 Å². The third-order valence-electron chi connectivity index (χ3n) is 11.7. The van der Waals surface area contributed by atoms with Crippen LogP contribution in [0.4, 0.5) is 17.1 Å². The molecule has 49 heavy (non-hydrogen) atoms. The van der Waals surface area contributed by atoms with Crippen molar-refractivity contribution in [3.05, 3.63) is 174 Å². The van der Waals surface area contributed by atoms with Crippen molar-refractivity contribution < 1.29 is 0 Å². The molecule has 0 unspecified atom stereocenters. The van der Waals surface area contributed by atoms with Crippen LogP contribution in [0.1, 0.15) is 62.8 Å². The summed E-state index contributed by atoms with van der Waals surface area (Å²) in [5.74, 6) is 0. The molecule has 0 saturated carbocycles. The number of fused-ring (bicyclic) bond motifs is 7. The van der Waals surface area contributed by atoms with E-state index in [1.807, 2.05) is 0 Å². The van der Waals surface area contributed by atoms with Gasteiger partial charge in [-0.3, -0.25) is 0 Å². The second-order valence-corrected chi connectivity index (χ2v) is 14.4. The highest BCUT2D eigenvalue weighted by molar-refractivity contribution is 5.95. The molecule has 0 heterocycles. The molecule has 0 atom stereocenters. The zero-order valence-electron chi connectivity index (χ0n) is 28.8. The summed E-state index contributed by atoms with van der Waals surface area (Å²) in [5, 5.41) is 2.63. The second-order valence-electron chi connectivity index (χ2n) is 14.4. The summed E-state index contributed by atoms with van der Waals surface area (Å²) in [4.78, 5) is 2.49. The number of anilines is 3. The molecule has 0 saturated heterocycles. The fourth-order valence-electron chi connectivity index (χ4n) is 9.05. The zero-order chi connectivity index (χ0) is 33.3. The average Bonchev–Trinajstić information content (AvgIpc) is 3.55. The smallest absolute Gasteiger partial charge is 0.0467 e. The number of rotatable bonds is 6. The number of hydrogen-bond acceptors (Lipinski definition) is 1. The number of nitrogens with zero attached hydrogens (tertiary/aromatic N) is 1. The van der Waals surface area contributed by atoms with Crippen LogP contribution < -0.4 is 4.90 Å². The van der Waals surface area contributed by atoms with Gasteiger partial charge in [-0.15, -0.1) is 0 Å². The highest BCUT2D eigenvalue weighted by Crippen LogP contribution is 2.56. The summed E-state index contributed by atoms with van der Waals surface area (Å²) in [5.41, 5.74) is 17.0. The summed E-state index contributed by atoms with van der Waals surface area (Å²) < 4.78 is 0. The van der Waals surface area contributed by atoms with Crippen LogP contribution in [0.5, 0.6) is 0 Å². The molecule has 2 aliphatic carbocycles. The summed E-state index contributed by atoms with van der Waals surface area (Å²) in [7, 11) is 0. The molecule has 0 amide bonds. The lowest BCUT2D eigenvalue weighted by atomic mass is 9.73. The van der Waals surface area contributed by atoms with Crippen molar-refractivity contribution in [1.82, 2.24) is 0 Å². The van der Waals surface area contributed by atoms with E-state index in [1.165, 1.54) is 77.8 Å². The maximum absolute atomic E-state index is 2.51. The topological polar surface area (TPSA) is 3.24 Å². The second kappa shape index (κ2) is 11.1. The molecular weight excluding hydrogens is 591 g/mol. The molecule has 7 aromatic rings. The molecule has 2 aliphatic rings. The van der Waals surface area contributed by atoms with Gasteiger partial charge in [0.1, 0.15) is 0 Å². The summed E-state index contributed by atoms with van der Waals surface area (Å²) >= 11 is 0. The molecule has 1 nitrogen and oxygen atoms in total. The van der Waals surface area contributed by atoms with Gasteiger partial charge >= 0.3 is 0 Å². The van der Waals surface area contributed by atoms with Crippen molar-refractivity contribution in [2.45, 2.75) is 51.4 Å². The highest BCUT2D eigenvalue weighted by atomic mass is 15.1. The molecule has 0 aromatic heterocycles. The van der Waals surface area contributed by atoms with Crippen LogP contribution in [0.2, 0.25) is 0 Å². The van der Waals surface area contributed by atoms with Crippen LogP contribution in [-0.2, 0) is 10.8 Å². The van der Waals surface area contributed by atoms with Gasteiger partial charge in [-0.05, 0) is 128 Å². The van der Waals surface area contributed by atoms with Crippen LogP contribution >= 0.6 is 0 Å². The minimum absolute atomic E-state index is 0.0379. The van der Waals surface area contributed by atoms with Gasteiger partial charge in [-0.2, -0.15) is 0 Å². The van der Waals surface area contributed by atoms with Crippen molar-refractivity contribution in [3.8, 4) is 33.4 Å². The van der Waals surface area contributed by atoms with E-state index in [1.54, 1.807) is 0 Å². The van der Waals surface area contributed by atoms with Gasteiger partial charge in [0, 0.05) is 27.9 Å². The van der Waals surface area contributed by atoms with Gasteiger partial charge in [-0.1, -0.05) is 131 Å². The van der Waals surface area contributed by atoms with Crippen LogP contribution in [-0.4, -0.2) is 0 Å². The normalized spacial score (nSPS) is 14.6. The van der Waals surface area contributed by atoms with Crippen molar-refractivity contribution >= 4 is 27.8 Å². The van der Waals surface area contributed by atoms with Gasteiger partial charge < -0.3 is 4.90 Å². The summed E-state index contributed by atoms with van der Waals surface area (Å²) in [6.45, 7) is 9.47. The first-order valence-corrected chi connectivity index (χ1v) is 17.8. The first-order valence-electron chi connectivity index (χ1n) is 17.8. The minimum atomic E-state index is -0.0827. The van der Waals surface area contributed by atoms with E-state index >= 15 is 0 Å². The maximum Gasteiger partial charge on any atom is 0.0467 e. The van der Waals surface area contributed by atoms with Gasteiger partial charge in [0.05, 0.1) is 0 Å². The molecule has 0 aliphatic heterocycles. The van der Waals surface area contributed by atoms with Gasteiger partial charge in [0.2, 0.25) is 0 Å². The van der Waals surface area contributed by atoms with Gasteiger partial charge in [0.15, 0.2) is 0 Å². The fourth-order valence-corrected chi connectivity index (χ4v) is 9.05. The van der Waals surface area contributed by atoms with E-state index in [4.69, 9.17) is 0 Å². The molecule has 238 valence electrons. The molecule has 0 radical (unpaired) electrons. The van der Waals surface area contributed by atoms with Crippen LogP contribution in [0.3, 0.4) is 0 Å². The van der Waals surface area contributed by atoms with Crippen LogP contribution in [0.25, 0.3) is 44.2 Å². The lowest BCUT2D eigenvalue weighted by Gasteiger charge is -2.32. The van der Waals surface area contributed by atoms with E-state index < -0.39 is 0 Å². The van der Waals surface area contributed by atoms with E-state index in [-0.39, 0.29) is 10.8 Å². The number of benzene rings is 7. The van der Waals surface area contributed by atoms with Crippen LogP contribution in [0, 0.1) is 0 Å². The predicted molar refractivity (Wildman–Crippen MR) is 208 cm³/mol. The molecule has 1 heteroatoms. The highest BCUT2D eigenvalue weighted by Gasteiger charge is 2.41. The standard InChI is InChI=1S/C48H41N/c1-5-48(6-2)45-29-35-18-11-10-17-34(35)28-42(45)41-26-24-38(31-46(41)48)49(36-20-14-19-33(27-36)32-15-8-7-9-16-32)37-23-25-40-39-21-12-13-22-43(39)47(3,4)44(40)30-37/h7-31H,5-6H2,1-4H3. The molecule has 9 rings (SSSR count). The quantitative estimate of drug-likeness (QED) is 0.176. The Balaban J connectivity index is 1.26. The Kier molecular flexibility index (Phi) is 6.71. The van der Waals surface area contributed by atoms with Crippen molar-refractivity contribution in [2.24, 2.45) is 0 Å². The molecule has 0 N–H and O–H groups in total. The van der Waals surface area contributed by atoms with Crippen LogP contribution in [0.15, 0.2) is 152 Å². The molecule has 0 spiro atoms. The van der Waals surface area contributed by atoms with E-state index in [0.29, 0.717) is 0 Å². The van der Waals surface area contributed by atoms with Gasteiger partial charge in [-0.25, -0.2) is 0 Å². The Morgan fingerprint density at radius 1 is 0.408 bits per heavy atom. The van der Waals surface area contributed by atoms with Crippen molar-refractivity contribution in [2.75, 3.05) is 4.90 Å². The maximum atomic E-state index is 2.51. The monoisotopic (exact) mass is 631 g/mol. The van der Waals surface area contributed by atoms with Gasteiger partial charge in [0.25, 0.3) is 0 Å². The molecule has 7 aromatic carbocycles. The lowest BCUT2D eigenvalue weighted by molar-refractivity contribution is 0.491. The molecular formula is C48H41N. The largest absolute Gasteiger partial charge is 0.310 e. The average molecular weight is 632 g/mol. The first-order chi connectivity index (χ1) is 23.9. The van der Waals surface area contributed by atoms with Crippen molar-refractivity contribution in [1.29, 1.82) is 0 Å². The van der Waals surface area contributed by atoms with E-state index in [9.17, 15) is 0 Å². The Hall–Kier alpha value is -5.40. The third kappa shape index (κ3) is 4.38. The Bertz CT molecular complexity index is 2390. The van der Waals surface area contributed by atoms with E-state index in [0.717, 1.165) is 18.5 Å². The molecule has 0 fully saturated rings. The first kappa shape index (κ1) is 29.7. The summed E-state index contributed by atoms with van der Waals surface area (Å²) in [6, 6.07) is 56.8. The Morgan fingerprint density at radius 3 is 1.69 bits per heavy atom. The zero-order valence-corrected chi connectivity index (χ0v) is 28.8. The van der Waals surface area contributed by atoms with E-state index in [2.05, 4.69) is 184 Å². The fraction of sp³-hybridized carbons (Fsp3) is 0.167.